The molecule has 4 nitrogen and oxygen atoms in total. The van der Waals surface area contributed by atoms with E-state index < -0.39 is 12.0 Å². The summed E-state index contributed by atoms with van der Waals surface area (Å²) in [6.07, 6.45) is 0. The van der Waals surface area contributed by atoms with Crippen molar-refractivity contribution in [3.05, 3.63) is 0 Å². The molecule has 50 valence electrons. The summed E-state index contributed by atoms with van der Waals surface area (Å²) in [6.45, 7) is 0. The highest BCUT2D eigenvalue weighted by Gasteiger charge is 2.27. The minimum atomic E-state index is -0.964. The smallest absolute Gasteiger partial charge is 0.327 e. The number of rotatable bonds is 1. The van der Waals surface area contributed by atoms with E-state index >= 15 is 0 Å². The maximum atomic E-state index is 10.3. The van der Waals surface area contributed by atoms with Crippen LogP contribution in [0.3, 0.4) is 0 Å². The quantitative estimate of drug-likeness (QED) is 0.509. The van der Waals surface area contributed by atoms with Crippen molar-refractivity contribution in [3.63, 3.8) is 0 Å². The lowest BCUT2D eigenvalue weighted by molar-refractivity contribution is -0.138. The van der Waals surface area contributed by atoms with Crippen molar-refractivity contribution in [1.82, 2.24) is 5.32 Å². The van der Waals surface area contributed by atoms with Gasteiger partial charge in [-0.05, 0) is 0 Å². The zero-order valence-corrected chi connectivity index (χ0v) is 5.27. The Kier molecular flexibility index (Phi) is 1.61. The number of hydrogen-bond acceptors (Lipinski definition) is 3. The molecule has 0 bridgehead atoms. The Morgan fingerprint density at radius 1 is 1.89 bits per heavy atom. The molecule has 1 aliphatic rings. The summed E-state index contributed by atoms with van der Waals surface area (Å²) >= 11 is 1.00. The number of carbonyl (C=O) groups excluding carboxylic acids is 1. The molecule has 1 fully saturated rings. The van der Waals surface area contributed by atoms with Crippen LogP contribution in [0.2, 0.25) is 0 Å². The van der Waals surface area contributed by atoms with Crippen LogP contribution in [0.4, 0.5) is 4.79 Å². The third-order valence-electron chi connectivity index (χ3n) is 0.971. The highest BCUT2D eigenvalue weighted by molar-refractivity contribution is 8.14. The first-order valence-electron chi connectivity index (χ1n) is 2.36. The van der Waals surface area contributed by atoms with Crippen LogP contribution in [0.5, 0.6) is 0 Å². The molecule has 2 N–H and O–H groups in total. The predicted molar refractivity (Wildman–Crippen MR) is 32.4 cm³/mol. The Morgan fingerprint density at radius 2 is 2.56 bits per heavy atom. The fraction of sp³-hybridized carbons (Fsp3) is 0.500. The molecule has 9 heavy (non-hydrogen) atoms. The standard InChI is InChI=1S/C4H5NO3S/c6-3(7)2-1-9-4(8)5-2/h2H,1H2,(H,5,8)(H,6,7)/t2-/m0/s1/i1+1. The van der Waals surface area contributed by atoms with Crippen LogP contribution >= 0.6 is 11.8 Å². The largest absolute Gasteiger partial charge is 0.480 e. The molecule has 1 aliphatic heterocycles. The molecule has 1 atom stereocenters. The number of amides is 1. The van der Waals surface area contributed by atoms with Crippen LogP contribution < -0.4 is 5.32 Å². The number of carboxylic acid groups (broad SMARTS) is 1. The van der Waals surface area contributed by atoms with Crippen molar-refractivity contribution in [3.8, 4) is 0 Å². The SMILES string of the molecule is O=C1N[C@H](C(=O)O)[13CH2]S1. The van der Waals surface area contributed by atoms with Gasteiger partial charge in [0.05, 0.1) is 0 Å². The van der Waals surface area contributed by atoms with Crippen molar-refractivity contribution < 1.29 is 14.7 Å². The van der Waals surface area contributed by atoms with Gasteiger partial charge >= 0.3 is 5.97 Å². The van der Waals surface area contributed by atoms with Crippen molar-refractivity contribution in [1.29, 1.82) is 0 Å². The van der Waals surface area contributed by atoms with Crippen LogP contribution in [0, 0.1) is 0 Å². The lowest BCUT2D eigenvalue weighted by Gasteiger charge is -1.98. The average molecular weight is 148 g/mol. The van der Waals surface area contributed by atoms with Gasteiger partial charge in [0.15, 0.2) is 0 Å². The van der Waals surface area contributed by atoms with Crippen LogP contribution in [-0.4, -0.2) is 28.1 Å². The highest BCUT2D eigenvalue weighted by atomic mass is 32.2. The Morgan fingerprint density at radius 3 is 2.78 bits per heavy atom. The summed E-state index contributed by atoms with van der Waals surface area (Å²) in [5.41, 5.74) is 0. The minimum absolute atomic E-state index is 0.248. The second-order valence-electron chi connectivity index (χ2n) is 1.63. The van der Waals surface area contributed by atoms with E-state index in [-0.39, 0.29) is 5.24 Å². The zero-order chi connectivity index (χ0) is 6.85. The van der Waals surface area contributed by atoms with E-state index in [0.717, 1.165) is 11.8 Å². The summed E-state index contributed by atoms with van der Waals surface area (Å²) < 4.78 is 0. The molecule has 0 aromatic carbocycles. The number of hydrogen-bond donors (Lipinski definition) is 2. The number of carboxylic acids is 1. The average Bonchev–Trinajstić information content (AvgIpc) is 2.14. The van der Waals surface area contributed by atoms with E-state index in [2.05, 4.69) is 5.32 Å². The Labute approximate surface area is 55.6 Å². The fourth-order valence-corrected chi connectivity index (χ4v) is 1.29. The molecule has 0 saturated carbocycles. The zero-order valence-electron chi connectivity index (χ0n) is 4.46. The van der Waals surface area contributed by atoms with Crippen LogP contribution in [0.25, 0.3) is 0 Å². The summed E-state index contributed by atoms with van der Waals surface area (Å²) in [5.74, 6) is -0.623. The van der Waals surface area contributed by atoms with Gasteiger partial charge in [-0.3, -0.25) is 4.79 Å². The molecular formula is C4H5NO3S. The first-order chi connectivity index (χ1) is 4.20. The highest BCUT2D eigenvalue weighted by Crippen LogP contribution is 2.12. The molecule has 1 saturated heterocycles. The monoisotopic (exact) mass is 148 g/mol. The van der Waals surface area contributed by atoms with Gasteiger partial charge in [0.1, 0.15) is 6.04 Å². The van der Waals surface area contributed by atoms with E-state index in [1.807, 2.05) is 0 Å². The number of aliphatic carboxylic acids is 1. The summed E-state index contributed by atoms with van der Waals surface area (Å²) in [4.78, 5) is 20.5. The van der Waals surface area contributed by atoms with Crippen molar-refractivity contribution >= 4 is 23.0 Å². The molecule has 0 radical (unpaired) electrons. The van der Waals surface area contributed by atoms with E-state index in [9.17, 15) is 9.59 Å². The molecule has 0 unspecified atom stereocenters. The van der Waals surface area contributed by atoms with Gasteiger partial charge in [0.25, 0.3) is 5.24 Å². The van der Waals surface area contributed by atoms with E-state index in [1.165, 1.54) is 0 Å². The summed E-state index contributed by atoms with van der Waals surface area (Å²) in [7, 11) is 0. The Bertz CT molecular complexity index is 158. The topological polar surface area (TPSA) is 66.4 Å². The summed E-state index contributed by atoms with van der Waals surface area (Å²) in [6, 6.07) is -0.678. The Hall–Kier alpha value is -0.710. The van der Waals surface area contributed by atoms with Gasteiger partial charge in [-0.1, -0.05) is 11.8 Å². The lowest BCUT2D eigenvalue weighted by Crippen LogP contribution is -2.33. The van der Waals surface area contributed by atoms with Gasteiger partial charge in [-0.2, -0.15) is 0 Å². The van der Waals surface area contributed by atoms with Crippen molar-refractivity contribution in [2.75, 3.05) is 5.75 Å². The first-order valence-corrected chi connectivity index (χ1v) is 3.35. The molecular weight excluding hydrogens is 143 g/mol. The van der Waals surface area contributed by atoms with Crippen LogP contribution in [-0.2, 0) is 4.79 Å². The van der Waals surface area contributed by atoms with Crippen molar-refractivity contribution in [2.45, 2.75) is 6.04 Å². The Balaban J connectivity index is 2.48. The minimum Gasteiger partial charge on any atom is -0.480 e. The second-order valence-corrected chi connectivity index (χ2v) is 2.63. The van der Waals surface area contributed by atoms with Gasteiger partial charge < -0.3 is 10.4 Å². The van der Waals surface area contributed by atoms with Gasteiger partial charge in [0, 0.05) is 5.75 Å². The molecule has 0 spiro atoms. The predicted octanol–water partition coefficient (Wildman–Crippen LogP) is -0.104. The number of carbonyl (C=O) groups is 2. The van der Waals surface area contributed by atoms with Crippen molar-refractivity contribution in [2.24, 2.45) is 0 Å². The lowest BCUT2D eigenvalue weighted by atomic mass is 10.5. The summed E-state index contributed by atoms with van der Waals surface area (Å²) in [5, 5.41) is 10.3. The normalized spacial score (nSPS) is 25.8. The molecule has 1 rings (SSSR count). The van der Waals surface area contributed by atoms with E-state index in [1.54, 1.807) is 0 Å². The molecule has 0 aliphatic carbocycles. The molecule has 0 aromatic heterocycles. The molecule has 0 aromatic rings. The maximum absolute atomic E-state index is 10.3. The number of thioether (sulfide) groups is 1. The maximum Gasteiger partial charge on any atom is 0.327 e. The van der Waals surface area contributed by atoms with Gasteiger partial charge in [0.2, 0.25) is 0 Å². The number of nitrogens with one attached hydrogen (secondary N) is 1. The van der Waals surface area contributed by atoms with Crippen LogP contribution in [0.1, 0.15) is 0 Å². The van der Waals surface area contributed by atoms with E-state index in [0.29, 0.717) is 5.75 Å². The third-order valence-corrected chi connectivity index (χ3v) is 1.85. The molecule has 5 heteroatoms. The molecule has 1 amide bonds. The third kappa shape index (κ3) is 1.35. The second kappa shape index (κ2) is 2.26. The van der Waals surface area contributed by atoms with E-state index in [4.69, 9.17) is 5.11 Å². The van der Waals surface area contributed by atoms with Gasteiger partial charge in [-0.25, -0.2) is 4.79 Å². The first kappa shape index (κ1) is 6.41. The van der Waals surface area contributed by atoms with Gasteiger partial charge in [-0.15, -0.1) is 0 Å². The molecule has 1 heterocycles. The fourth-order valence-electron chi connectivity index (χ4n) is 0.518. The van der Waals surface area contributed by atoms with Crippen LogP contribution in [0.15, 0.2) is 0 Å².